The minimum absolute atomic E-state index is 0.558. The Morgan fingerprint density at radius 2 is 1.88 bits per heavy atom. The highest BCUT2D eigenvalue weighted by molar-refractivity contribution is 5.89. The Hall–Kier alpha value is -2.66. The molecule has 5 heteroatoms. The molecule has 128 valence electrons. The van der Waals surface area contributed by atoms with Crippen molar-refractivity contribution in [2.45, 2.75) is 12.8 Å². The molecule has 3 N–H and O–H groups in total. The standard InChI is InChI=1S/C20H23N5/c21-11-9-19-23-17-7-3-2-6-16(17)20(24-19)22-12-14-25-13-10-15-5-1-4-8-18(15)25/h1-8H,9-14,21H2,(H,22,23,24). The lowest BCUT2D eigenvalue weighted by atomic mass is 10.2. The van der Waals surface area contributed by atoms with Gasteiger partial charge in [0.15, 0.2) is 0 Å². The van der Waals surface area contributed by atoms with Crippen LogP contribution in [0.3, 0.4) is 0 Å². The number of rotatable bonds is 6. The largest absolute Gasteiger partial charge is 0.369 e. The van der Waals surface area contributed by atoms with Crippen LogP contribution >= 0.6 is 0 Å². The summed E-state index contributed by atoms with van der Waals surface area (Å²) < 4.78 is 0. The lowest BCUT2D eigenvalue weighted by Crippen LogP contribution is -2.27. The molecule has 3 aromatic rings. The number of hydrogen-bond donors (Lipinski definition) is 2. The minimum atomic E-state index is 0.558. The predicted molar refractivity (Wildman–Crippen MR) is 103 cm³/mol. The molecule has 0 atom stereocenters. The van der Waals surface area contributed by atoms with Crippen molar-refractivity contribution in [1.29, 1.82) is 0 Å². The second kappa shape index (κ2) is 7.07. The average Bonchev–Trinajstić information content (AvgIpc) is 3.05. The Labute approximate surface area is 147 Å². The van der Waals surface area contributed by atoms with Crippen LogP contribution in [0.4, 0.5) is 11.5 Å². The van der Waals surface area contributed by atoms with Crippen molar-refractivity contribution in [2.75, 3.05) is 36.4 Å². The van der Waals surface area contributed by atoms with Crippen molar-refractivity contribution >= 4 is 22.4 Å². The lowest BCUT2D eigenvalue weighted by Gasteiger charge is -2.20. The summed E-state index contributed by atoms with van der Waals surface area (Å²) in [6, 6.07) is 16.8. The maximum atomic E-state index is 5.68. The molecule has 0 saturated heterocycles. The molecule has 1 aliphatic heterocycles. The van der Waals surface area contributed by atoms with Gasteiger partial charge in [-0.1, -0.05) is 30.3 Å². The Balaban J connectivity index is 1.49. The summed E-state index contributed by atoms with van der Waals surface area (Å²) in [5.74, 6) is 1.71. The molecule has 5 nitrogen and oxygen atoms in total. The summed E-state index contributed by atoms with van der Waals surface area (Å²) in [7, 11) is 0. The number of nitrogens with two attached hydrogens (primary N) is 1. The Morgan fingerprint density at radius 3 is 2.80 bits per heavy atom. The summed E-state index contributed by atoms with van der Waals surface area (Å²) in [6.45, 7) is 3.45. The van der Waals surface area contributed by atoms with Gasteiger partial charge in [0, 0.05) is 37.1 Å². The van der Waals surface area contributed by atoms with E-state index < -0.39 is 0 Å². The maximum absolute atomic E-state index is 5.68. The van der Waals surface area contributed by atoms with Gasteiger partial charge in [-0.2, -0.15) is 0 Å². The highest BCUT2D eigenvalue weighted by Crippen LogP contribution is 2.27. The quantitative estimate of drug-likeness (QED) is 0.726. The molecule has 0 unspecified atom stereocenters. The van der Waals surface area contributed by atoms with Gasteiger partial charge >= 0.3 is 0 Å². The van der Waals surface area contributed by atoms with Crippen molar-refractivity contribution in [3.63, 3.8) is 0 Å². The first-order chi connectivity index (χ1) is 12.3. The molecule has 2 heterocycles. The molecular weight excluding hydrogens is 310 g/mol. The van der Waals surface area contributed by atoms with Gasteiger partial charge in [0.1, 0.15) is 11.6 Å². The number of nitrogens with zero attached hydrogens (tertiary/aromatic N) is 3. The zero-order chi connectivity index (χ0) is 17.1. The molecule has 0 saturated carbocycles. The van der Waals surface area contributed by atoms with Crippen LogP contribution in [0.1, 0.15) is 11.4 Å². The first-order valence-electron chi connectivity index (χ1n) is 8.87. The van der Waals surface area contributed by atoms with Crippen LogP contribution in [0.25, 0.3) is 10.9 Å². The third-order valence-corrected chi connectivity index (χ3v) is 4.68. The van der Waals surface area contributed by atoms with Gasteiger partial charge in [-0.25, -0.2) is 9.97 Å². The van der Waals surface area contributed by atoms with E-state index in [1.807, 2.05) is 18.2 Å². The first-order valence-corrected chi connectivity index (χ1v) is 8.87. The van der Waals surface area contributed by atoms with Gasteiger partial charge in [-0.05, 0) is 36.7 Å². The van der Waals surface area contributed by atoms with E-state index in [-0.39, 0.29) is 0 Å². The monoisotopic (exact) mass is 333 g/mol. The van der Waals surface area contributed by atoms with Gasteiger partial charge in [-0.3, -0.25) is 0 Å². The van der Waals surface area contributed by atoms with E-state index in [9.17, 15) is 0 Å². The minimum Gasteiger partial charge on any atom is -0.369 e. The number of nitrogens with one attached hydrogen (secondary N) is 1. The Morgan fingerprint density at radius 1 is 1.04 bits per heavy atom. The van der Waals surface area contributed by atoms with Crippen LogP contribution in [0.15, 0.2) is 48.5 Å². The Bertz CT molecular complexity index is 877. The topological polar surface area (TPSA) is 67.1 Å². The molecule has 2 aromatic carbocycles. The van der Waals surface area contributed by atoms with Gasteiger partial charge in [0.25, 0.3) is 0 Å². The fourth-order valence-electron chi connectivity index (χ4n) is 3.45. The van der Waals surface area contributed by atoms with E-state index in [1.165, 1.54) is 11.3 Å². The molecule has 0 radical (unpaired) electrons. The second-order valence-electron chi connectivity index (χ2n) is 6.34. The Kier molecular flexibility index (Phi) is 4.48. The third-order valence-electron chi connectivity index (χ3n) is 4.68. The molecule has 0 aliphatic carbocycles. The molecule has 1 aromatic heterocycles. The number of para-hydroxylation sites is 2. The van der Waals surface area contributed by atoms with Crippen molar-refractivity contribution in [1.82, 2.24) is 9.97 Å². The van der Waals surface area contributed by atoms with Crippen LogP contribution in [0.5, 0.6) is 0 Å². The number of anilines is 2. The van der Waals surface area contributed by atoms with Crippen molar-refractivity contribution in [3.8, 4) is 0 Å². The van der Waals surface area contributed by atoms with Crippen LogP contribution in [0, 0.1) is 0 Å². The molecular formula is C20H23N5. The summed E-state index contributed by atoms with van der Waals surface area (Å²) >= 11 is 0. The van der Waals surface area contributed by atoms with Crippen molar-refractivity contribution in [2.24, 2.45) is 5.73 Å². The lowest BCUT2D eigenvalue weighted by molar-refractivity contribution is 0.832. The van der Waals surface area contributed by atoms with Gasteiger partial charge in [-0.15, -0.1) is 0 Å². The van der Waals surface area contributed by atoms with E-state index in [0.717, 1.165) is 48.6 Å². The predicted octanol–water partition coefficient (Wildman–Crippen LogP) is 2.61. The van der Waals surface area contributed by atoms with Gasteiger partial charge in [0.05, 0.1) is 5.52 Å². The van der Waals surface area contributed by atoms with Gasteiger partial charge < -0.3 is 16.0 Å². The summed E-state index contributed by atoms with van der Waals surface area (Å²) in [6.07, 6.45) is 1.83. The maximum Gasteiger partial charge on any atom is 0.137 e. The molecule has 0 amide bonds. The molecule has 0 spiro atoms. The number of fused-ring (bicyclic) bond motifs is 2. The SMILES string of the molecule is NCCc1nc(NCCN2CCc3ccccc32)c2ccccc2n1. The smallest absolute Gasteiger partial charge is 0.137 e. The second-order valence-corrected chi connectivity index (χ2v) is 6.34. The van der Waals surface area contributed by atoms with Crippen LogP contribution < -0.4 is 16.0 Å². The molecule has 4 rings (SSSR count). The molecule has 0 bridgehead atoms. The van der Waals surface area contributed by atoms with Crippen LogP contribution in [-0.4, -0.2) is 36.1 Å². The third kappa shape index (κ3) is 3.28. The number of benzene rings is 2. The highest BCUT2D eigenvalue weighted by Gasteiger charge is 2.17. The molecule has 0 fully saturated rings. The van der Waals surface area contributed by atoms with E-state index in [2.05, 4.69) is 50.5 Å². The number of hydrogen-bond acceptors (Lipinski definition) is 5. The van der Waals surface area contributed by atoms with E-state index >= 15 is 0 Å². The summed E-state index contributed by atoms with van der Waals surface area (Å²) in [5, 5.41) is 4.57. The van der Waals surface area contributed by atoms with E-state index in [1.54, 1.807) is 0 Å². The fourth-order valence-corrected chi connectivity index (χ4v) is 3.45. The van der Waals surface area contributed by atoms with E-state index in [0.29, 0.717) is 13.0 Å². The van der Waals surface area contributed by atoms with Crippen molar-refractivity contribution < 1.29 is 0 Å². The first kappa shape index (κ1) is 15.8. The van der Waals surface area contributed by atoms with Crippen LogP contribution in [0.2, 0.25) is 0 Å². The van der Waals surface area contributed by atoms with E-state index in [4.69, 9.17) is 5.73 Å². The number of aromatic nitrogens is 2. The van der Waals surface area contributed by atoms with Crippen LogP contribution in [-0.2, 0) is 12.8 Å². The normalized spacial score (nSPS) is 13.2. The zero-order valence-electron chi connectivity index (χ0n) is 14.3. The average molecular weight is 333 g/mol. The van der Waals surface area contributed by atoms with Crippen molar-refractivity contribution in [3.05, 3.63) is 59.9 Å². The molecule has 25 heavy (non-hydrogen) atoms. The zero-order valence-corrected chi connectivity index (χ0v) is 14.3. The highest BCUT2D eigenvalue weighted by atomic mass is 15.2. The fraction of sp³-hybridized carbons (Fsp3) is 0.300. The van der Waals surface area contributed by atoms with Gasteiger partial charge in [0.2, 0.25) is 0 Å². The summed E-state index contributed by atoms with van der Waals surface area (Å²) in [4.78, 5) is 11.7. The molecule has 1 aliphatic rings. The summed E-state index contributed by atoms with van der Waals surface area (Å²) in [5.41, 5.74) is 9.45.